The maximum Gasteiger partial charge on any atom is 0.317 e. The number of anilines is 2. The minimum Gasteiger partial charge on any atom is -0.460 e. The number of carbonyl (C=O) groups excluding carboxylic acids is 1. The number of amides is 1. The summed E-state index contributed by atoms with van der Waals surface area (Å²) < 4.78 is 22.2. The lowest BCUT2D eigenvalue weighted by molar-refractivity contribution is 0.102. The number of aryl methyl sites for hydroxylation is 1. The lowest BCUT2D eigenvalue weighted by atomic mass is 10.0. The van der Waals surface area contributed by atoms with E-state index in [2.05, 4.69) is 44.4 Å². The number of hydrogen-bond donors (Lipinski definition) is 3. The van der Waals surface area contributed by atoms with Gasteiger partial charge in [0.25, 0.3) is 5.91 Å². The summed E-state index contributed by atoms with van der Waals surface area (Å²) in [5.74, 6) is -0.931. The highest BCUT2D eigenvalue weighted by Gasteiger charge is 2.27. The van der Waals surface area contributed by atoms with E-state index in [0.717, 1.165) is 30.6 Å². The Morgan fingerprint density at radius 1 is 1.18 bits per heavy atom. The number of benzene rings is 2. The number of halogens is 1. The monoisotopic (exact) mass is 533 g/mol. The van der Waals surface area contributed by atoms with Crippen molar-refractivity contribution in [3.63, 3.8) is 0 Å². The second-order valence-electron chi connectivity index (χ2n) is 10.8. The fourth-order valence-corrected chi connectivity index (χ4v) is 5.78. The Balaban J connectivity index is 1.38. The van der Waals surface area contributed by atoms with Gasteiger partial charge in [-0.2, -0.15) is 10.1 Å². The first-order valence-electron chi connectivity index (χ1n) is 13.3. The summed E-state index contributed by atoms with van der Waals surface area (Å²) in [6.45, 7) is 5.88. The molecular weight excluding hydrogens is 501 g/mol. The quantitative estimate of drug-likeness (QED) is 0.358. The van der Waals surface area contributed by atoms with Crippen LogP contribution in [0, 0.1) is 5.82 Å². The van der Waals surface area contributed by atoms with Gasteiger partial charge in [-0.1, -0.05) is 0 Å². The average molecular weight is 534 g/mol. The van der Waals surface area contributed by atoms with Crippen LogP contribution in [0.25, 0.3) is 21.8 Å². The molecule has 11 heteroatoms. The Labute approximate surface area is 225 Å². The number of aliphatic hydroxyl groups excluding tert-OH is 1. The highest BCUT2D eigenvalue weighted by atomic mass is 19.1. The topological polar surface area (TPSA) is 117 Å². The highest BCUT2D eigenvalue weighted by molar-refractivity contribution is 6.14. The number of fused-ring (bicyclic) bond motifs is 2. The molecule has 0 bridgehead atoms. The number of hydrogen-bond acceptors (Lipinski definition) is 8. The minimum absolute atomic E-state index is 0.165. The van der Waals surface area contributed by atoms with Crippen molar-refractivity contribution < 1.29 is 19.0 Å². The van der Waals surface area contributed by atoms with Gasteiger partial charge >= 0.3 is 6.01 Å². The maximum atomic E-state index is 14.7. The second-order valence-corrected chi connectivity index (χ2v) is 10.8. The van der Waals surface area contributed by atoms with E-state index >= 15 is 0 Å². The van der Waals surface area contributed by atoms with Gasteiger partial charge in [-0.15, -0.1) is 0 Å². The molecule has 2 aromatic carbocycles. The zero-order chi connectivity index (χ0) is 27.3. The van der Waals surface area contributed by atoms with Crippen molar-refractivity contribution in [1.82, 2.24) is 25.1 Å². The van der Waals surface area contributed by atoms with Crippen molar-refractivity contribution in [2.45, 2.75) is 57.4 Å². The van der Waals surface area contributed by atoms with Gasteiger partial charge in [0.1, 0.15) is 11.6 Å². The number of nitrogens with one attached hydrogen (secondary N) is 2. The van der Waals surface area contributed by atoms with Gasteiger partial charge in [0.05, 0.1) is 17.2 Å². The summed E-state index contributed by atoms with van der Waals surface area (Å²) in [5.41, 5.74) is 2.29. The first-order chi connectivity index (χ1) is 18.7. The maximum absolute atomic E-state index is 14.7. The third-order valence-corrected chi connectivity index (χ3v) is 7.41. The normalized spacial score (nSPS) is 23.5. The van der Waals surface area contributed by atoms with Gasteiger partial charge in [-0.05, 0) is 51.0 Å². The number of nitrogens with zero attached hydrogens (tertiary/aromatic N) is 5. The summed E-state index contributed by atoms with van der Waals surface area (Å²) >= 11 is 0. The van der Waals surface area contributed by atoms with Gasteiger partial charge in [0.15, 0.2) is 5.82 Å². The smallest absolute Gasteiger partial charge is 0.317 e. The molecule has 1 aliphatic heterocycles. The molecule has 39 heavy (non-hydrogen) atoms. The summed E-state index contributed by atoms with van der Waals surface area (Å²) in [4.78, 5) is 25.0. The molecule has 2 fully saturated rings. The Morgan fingerprint density at radius 3 is 2.72 bits per heavy atom. The van der Waals surface area contributed by atoms with Crippen LogP contribution in [0.15, 0.2) is 36.7 Å². The van der Waals surface area contributed by atoms with Crippen molar-refractivity contribution in [3.05, 3.63) is 48.0 Å². The zero-order valence-corrected chi connectivity index (χ0v) is 22.2. The van der Waals surface area contributed by atoms with E-state index in [1.807, 2.05) is 6.07 Å². The molecule has 3 heterocycles. The predicted molar refractivity (Wildman–Crippen MR) is 147 cm³/mol. The molecule has 1 saturated heterocycles. The van der Waals surface area contributed by atoms with E-state index in [-0.39, 0.29) is 17.6 Å². The molecule has 10 nitrogen and oxygen atoms in total. The van der Waals surface area contributed by atoms with Crippen LogP contribution in [0.1, 0.15) is 43.5 Å². The molecule has 0 spiro atoms. The van der Waals surface area contributed by atoms with E-state index in [4.69, 9.17) is 4.74 Å². The van der Waals surface area contributed by atoms with Crippen molar-refractivity contribution in [2.24, 2.45) is 7.05 Å². The highest BCUT2D eigenvalue weighted by Crippen LogP contribution is 2.32. The minimum atomic E-state index is -0.512. The number of carbonyl (C=O) groups is 1. The lowest BCUT2D eigenvalue weighted by Gasteiger charge is -2.38. The predicted octanol–water partition coefficient (Wildman–Crippen LogP) is 3.39. The van der Waals surface area contributed by atoms with Crippen LogP contribution in [0.4, 0.5) is 15.8 Å². The van der Waals surface area contributed by atoms with Crippen molar-refractivity contribution in [2.75, 3.05) is 23.3 Å². The van der Waals surface area contributed by atoms with Crippen LogP contribution >= 0.6 is 0 Å². The van der Waals surface area contributed by atoms with Crippen LogP contribution in [-0.2, 0) is 7.05 Å². The molecule has 204 valence electrons. The fourth-order valence-electron chi connectivity index (χ4n) is 5.78. The first kappa shape index (κ1) is 25.4. The van der Waals surface area contributed by atoms with Crippen LogP contribution in [0.2, 0.25) is 0 Å². The fraction of sp³-hybridized carbons (Fsp3) is 0.429. The van der Waals surface area contributed by atoms with Crippen LogP contribution in [-0.4, -0.2) is 68.1 Å². The molecule has 0 unspecified atom stereocenters. The first-order valence-corrected chi connectivity index (χ1v) is 13.3. The van der Waals surface area contributed by atoms with E-state index in [1.165, 1.54) is 10.7 Å². The van der Waals surface area contributed by atoms with Gasteiger partial charge in [-0.25, -0.2) is 9.37 Å². The molecule has 2 aliphatic rings. The summed E-state index contributed by atoms with van der Waals surface area (Å²) in [6, 6.07) is 7.38. The number of ether oxygens (including phenoxy) is 1. The van der Waals surface area contributed by atoms with Gasteiger partial charge in [0, 0.05) is 73.2 Å². The third-order valence-electron chi connectivity index (χ3n) is 7.41. The number of piperazine rings is 1. The second kappa shape index (κ2) is 10.0. The van der Waals surface area contributed by atoms with Crippen molar-refractivity contribution in [3.8, 4) is 6.01 Å². The van der Waals surface area contributed by atoms with E-state index < -0.39 is 17.8 Å². The van der Waals surface area contributed by atoms with E-state index in [9.17, 15) is 14.3 Å². The van der Waals surface area contributed by atoms with Crippen LogP contribution in [0.5, 0.6) is 6.01 Å². The molecule has 6 rings (SSSR count). The molecule has 1 saturated carbocycles. The van der Waals surface area contributed by atoms with E-state index in [1.54, 1.807) is 31.6 Å². The molecule has 0 radical (unpaired) electrons. The Kier molecular flexibility index (Phi) is 6.56. The van der Waals surface area contributed by atoms with Gasteiger partial charge in [-0.3, -0.25) is 9.48 Å². The molecule has 4 atom stereocenters. The number of aromatic nitrogens is 4. The summed E-state index contributed by atoms with van der Waals surface area (Å²) in [7, 11) is 1.72. The van der Waals surface area contributed by atoms with Crippen LogP contribution < -0.4 is 20.3 Å². The van der Waals surface area contributed by atoms with Crippen molar-refractivity contribution in [1.29, 1.82) is 0 Å². The average Bonchev–Trinajstić information content (AvgIpc) is 3.47. The largest absolute Gasteiger partial charge is 0.460 e. The molecule has 1 amide bonds. The number of rotatable bonds is 5. The standard InChI is InChI=1S/C28H32FN7O3/c1-15-12-36(13-16(2)31-15)24-7-6-21(26-22(24)11-30-28(33-26)39-20-5-4-19(37)10-20)27(38)32-18-8-17-14-35(3)34-25(17)23(29)9-18/h6-9,11,14-16,19-20,31,37H,4-5,10,12-13H2,1-3H3,(H,32,38)/t15-,16-,19-,20-/m0/s1. The molecule has 2 aromatic heterocycles. The summed E-state index contributed by atoms with van der Waals surface area (Å²) in [6.07, 6.45) is 4.74. The van der Waals surface area contributed by atoms with Gasteiger partial charge < -0.3 is 25.4 Å². The molecule has 1 aliphatic carbocycles. The van der Waals surface area contributed by atoms with Crippen molar-refractivity contribution >= 4 is 39.1 Å². The Bertz CT molecular complexity index is 1550. The summed E-state index contributed by atoms with van der Waals surface area (Å²) in [5, 5.41) is 21.7. The van der Waals surface area contributed by atoms with Gasteiger partial charge in [0.2, 0.25) is 0 Å². The van der Waals surface area contributed by atoms with Crippen LogP contribution in [0.3, 0.4) is 0 Å². The number of aliphatic hydroxyl groups is 1. The lowest BCUT2D eigenvalue weighted by Crippen LogP contribution is -2.54. The zero-order valence-electron chi connectivity index (χ0n) is 22.2. The SMILES string of the molecule is C[C@H]1CN(c2ccc(C(=O)Nc3cc(F)c4nn(C)cc4c3)c3nc(O[C@H]4CC[C@H](O)C4)ncc23)C[C@H](C)N1. The molecular formula is C28H32FN7O3. The Morgan fingerprint density at radius 2 is 1.97 bits per heavy atom. The third kappa shape index (κ3) is 5.11. The van der Waals surface area contributed by atoms with E-state index in [0.29, 0.717) is 47.1 Å². The molecule has 3 N–H and O–H groups in total. The molecule has 4 aromatic rings. The Hall–Kier alpha value is -3.83.